The number of fused-ring (bicyclic) bond motifs is 1. The van der Waals surface area contributed by atoms with Crippen molar-refractivity contribution in [2.24, 2.45) is 0 Å². The number of carbonyl (C=O) groups is 1. The number of rotatable bonds is 5. The summed E-state index contributed by atoms with van der Waals surface area (Å²) < 4.78 is 5.26. The van der Waals surface area contributed by atoms with E-state index >= 15 is 0 Å². The molecule has 0 radical (unpaired) electrons. The molecule has 26 heavy (non-hydrogen) atoms. The lowest BCUT2D eigenvalue weighted by Crippen LogP contribution is -2.31. The quantitative estimate of drug-likeness (QED) is 0.710. The summed E-state index contributed by atoms with van der Waals surface area (Å²) in [6.07, 6.45) is 2.30. The highest BCUT2D eigenvalue weighted by Gasteiger charge is 2.25. The maximum Gasteiger partial charge on any atom is 0.252 e. The van der Waals surface area contributed by atoms with Crippen molar-refractivity contribution < 1.29 is 9.32 Å². The highest BCUT2D eigenvalue weighted by Crippen LogP contribution is 2.30. The van der Waals surface area contributed by atoms with Crippen LogP contribution in [-0.2, 0) is 26.1 Å². The van der Waals surface area contributed by atoms with Gasteiger partial charge < -0.3 is 9.84 Å². The van der Waals surface area contributed by atoms with E-state index in [1.54, 1.807) is 11.3 Å². The number of nitrogens with one attached hydrogen (secondary N) is 2. The van der Waals surface area contributed by atoms with Crippen molar-refractivity contribution in [2.75, 3.05) is 6.54 Å². The molecule has 0 unspecified atom stereocenters. The maximum atomic E-state index is 12.5. The van der Waals surface area contributed by atoms with Gasteiger partial charge in [0.25, 0.3) is 5.91 Å². The molecule has 0 aromatic carbocycles. The number of aromatic amines is 1. The van der Waals surface area contributed by atoms with Crippen LogP contribution in [0.15, 0.2) is 16.2 Å². The fourth-order valence-electron chi connectivity index (χ4n) is 3.23. The Hall–Kier alpha value is -2.52. The lowest BCUT2D eigenvalue weighted by Gasteiger charge is -2.27. The van der Waals surface area contributed by atoms with Gasteiger partial charge in [-0.2, -0.15) is 5.10 Å². The average Bonchev–Trinajstić information content (AvgIpc) is 3.36. The molecule has 1 aliphatic rings. The molecule has 3 aromatic rings. The van der Waals surface area contributed by atoms with Crippen LogP contribution in [0.4, 0.5) is 0 Å². The van der Waals surface area contributed by atoms with Crippen LogP contribution in [0.25, 0.3) is 0 Å². The third-order valence-corrected chi connectivity index (χ3v) is 5.73. The topological polar surface area (TPSA) is 99.9 Å². The molecule has 4 heterocycles. The van der Waals surface area contributed by atoms with Crippen LogP contribution in [0.5, 0.6) is 0 Å². The van der Waals surface area contributed by atoms with Gasteiger partial charge in [0, 0.05) is 35.5 Å². The second kappa shape index (κ2) is 7.00. The number of nitrogens with zero attached hydrogens (tertiary/aromatic N) is 4. The van der Waals surface area contributed by atoms with Crippen molar-refractivity contribution >= 4 is 17.2 Å². The molecule has 8 nitrogen and oxygen atoms in total. The van der Waals surface area contributed by atoms with Crippen LogP contribution in [0.3, 0.4) is 0 Å². The Balaban J connectivity index is 1.42. The third-order valence-electron chi connectivity index (χ3n) is 4.71. The van der Waals surface area contributed by atoms with Crippen LogP contribution in [0.2, 0.25) is 0 Å². The zero-order chi connectivity index (χ0) is 18.1. The second-order valence-electron chi connectivity index (χ2n) is 6.43. The highest BCUT2D eigenvalue weighted by molar-refractivity contribution is 7.10. The predicted octanol–water partition coefficient (Wildman–Crippen LogP) is 1.96. The fourth-order valence-corrected chi connectivity index (χ4v) is 4.35. The van der Waals surface area contributed by atoms with Crippen molar-refractivity contribution in [3.05, 3.63) is 50.6 Å². The fraction of sp³-hybridized carbons (Fsp3) is 0.412. The van der Waals surface area contributed by atoms with E-state index in [1.165, 1.54) is 16.8 Å². The highest BCUT2D eigenvalue weighted by atomic mass is 32.1. The van der Waals surface area contributed by atoms with Crippen LogP contribution in [0.1, 0.15) is 43.6 Å². The Labute approximate surface area is 154 Å². The lowest BCUT2D eigenvalue weighted by molar-refractivity contribution is 0.0948. The molecule has 3 aromatic heterocycles. The molecule has 4 rings (SSSR count). The number of thiophene rings is 1. The monoisotopic (exact) mass is 372 g/mol. The molecule has 136 valence electrons. The van der Waals surface area contributed by atoms with Gasteiger partial charge >= 0.3 is 0 Å². The van der Waals surface area contributed by atoms with Crippen molar-refractivity contribution in [1.82, 2.24) is 30.6 Å². The first kappa shape index (κ1) is 16.9. The summed E-state index contributed by atoms with van der Waals surface area (Å²) in [5.74, 6) is 1.47. The van der Waals surface area contributed by atoms with Gasteiger partial charge in [-0.25, -0.2) is 4.98 Å². The van der Waals surface area contributed by atoms with Gasteiger partial charge in [-0.15, -0.1) is 11.3 Å². The molecule has 1 amide bonds. The normalized spacial score (nSPS) is 14.4. The van der Waals surface area contributed by atoms with Gasteiger partial charge in [0.05, 0.1) is 17.8 Å². The van der Waals surface area contributed by atoms with E-state index in [0.29, 0.717) is 12.4 Å². The number of amides is 1. The molecule has 0 aliphatic carbocycles. The second-order valence-corrected chi connectivity index (χ2v) is 7.39. The van der Waals surface area contributed by atoms with E-state index in [1.807, 2.05) is 19.2 Å². The molecule has 0 saturated heterocycles. The molecule has 1 aliphatic heterocycles. The standard InChI is InChI=1S/C17H20N6O2S/c1-10-13(11(2)25-22-10)6-23-4-3-12-14(8-26-15(12)7-23)17(24)18-5-16-19-9-20-21-16/h8-9H,3-7H2,1-2H3,(H,18,24)(H,19,20,21). The summed E-state index contributed by atoms with van der Waals surface area (Å²) in [7, 11) is 0. The van der Waals surface area contributed by atoms with Gasteiger partial charge in [-0.3, -0.25) is 14.8 Å². The molecule has 0 saturated carbocycles. The van der Waals surface area contributed by atoms with Gasteiger partial charge in [0.2, 0.25) is 0 Å². The van der Waals surface area contributed by atoms with Crippen LogP contribution in [0, 0.1) is 13.8 Å². The molecule has 0 spiro atoms. The summed E-state index contributed by atoms with van der Waals surface area (Å²) in [5.41, 5.74) is 4.06. The number of H-pyrrole nitrogens is 1. The Morgan fingerprint density at radius 2 is 2.35 bits per heavy atom. The number of aromatic nitrogens is 4. The van der Waals surface area contributed by atoms with Crippen molar-refractivity contribution in [1.29, 1.82) is 0 Å². The van der Waals surface area contributed by atoms with Gasteiger partial charge in [0.15, 0.2) is 0 Å². The molecule has 0 fully saturated rings. The third kappa shape index (κ3) is 3.27. The van der Waals surface area contributed by atoms with Gasteiger partial charge in [-0.05, 0) is 25.8 Å². The first-order chi connectivity index (χ1) is 12.6. The van der Waals surface area contributed by atoms with E-state index in [2.05, 4.69) is 30.6 Å². The predicted molar refractivity (Wildman–Crippen MR) is 95.7 cm³/mol. The Morgan fingerprint density at radius 1 is 1.46 bits per heavy atom. The summed E-state index contributed by atoms with van der Waals surface area (Å²) in [5, 5.41) is 15.4. The summed E-state index contributed by atoms with van der Waals surface area (Å²) >= 11 is 1.65. The molecular formula is C17H20N6O2S. The first-order valence-corrected chi connectivity index (χ1v) is 9.35. The van der Waals surface area contributed by atoms with Crippen LogP contribution in [-0.4, -0.2) is 37.7 Å². The number of hydrogen-bond donors (Lipinski definition) is 2. The Morgan fingerprint density at radius 3 is 3.08 bits per heavy atom. The van der Waals surface area contributed by atoms with Crippen LogP contribution < -0.4 is 5.32 Å². The first-order valence-electron chi connectivity index (χ1n) is 8.47. The number of carbonyl (C=O) groups excluding carboxylic acids is 1. The largest absolute Gasteiger partial charge is 0.361 e. The van der Waals surface area contributed by atoms with E-state index < -0.39 is 0 Å². The molecule has 0 atom stereocenters. The minimum absolute atomic E-state index is 0.0573. The average molecular weight is 372 g/mol. The minimum atomic E-state index is -0.0573. The number of hydrogen-bond acceptors (Lipinski definition) is 7. The van der Waals surface area contributed by atoms with E-state index in [4.69, 9.17) is 4.52 Å². The van der Waals surface area contributed by atoms with Gasteiger partial charge in [-0.1, -0.05) is 5.16 Å². The summed E-state index contributed by atoms with van der Waals surface area (Å²) in [6.45, 7) is 6.86. The molecule has 2 N–H and O–H groups in total. The van der Waals surface area contributed by atoms with E-state index in [9.17, 15) is 4.79 Å². The van der Waals surface area contributed by atoms with Crippen molar-refractivity contribution in [2.45, 2.75) is 39.9 Å². The van der Waals surface area contributed by atoms with Crippen molar-refractivity contribution in [3.8, 4) is 0 Å². The molecule has 9 heteroatoms. The van der Waals surface area contributed by atoms with Crippen molar-refractivity contribution in [3.63, 3.8) is 0 Å². The maximum absolute atomic E-state index is 12.5. The molecular weight excluding hydrogens is 352 g/mol. The zero-order valence-electron chi connectivity index (χ0n) is 14.7. The van der Waals surface area contributed by atoms with Crippen LogP contribution >= 0.6 is 11.3 Å². The summed E-state index contributed by atoms with van der Waals surface area (Å²) in [4.78, 5) is 20.2. The minimum Gasteiger partial charge on any atom is -0.361 e. The van der Waals surface area contributed by atoms with E-state index in [-0.39, 0.29) is 5.91 Å². The van der Waals surface area contributed by atoms with E-state index in [0.717, 1.165) is 48.6 Å². The number of aryl methyl sites for hydroxylation is 2. The summed E-state index contributed by atoms with van der Waals surface area (Å²) in [6, 6.07) is 0. The molecule has 0 bridgehead atoms. The van der Waals surface area contributed by atoms with Gasteiger partial charge in [0.1, 0.15) is 17.9 Å². The lowest BCUT2D eigenvalue weighted by atomic mass is 10.0. The zero-order valence-corrected chi connectivity index (χ0v) is 15.5. The Bertz CT molecular complexity index is 894. The smallest absolute Gasteiger partial charge is 0.252 e. The Kier molecular flexibility index (Phi) is 4.56. The SMILES string of the molecule is Cc1noc(C)c1CN1CCc2c(C(=O)NCc3ncn[nH]3)csc2C1.